The third-order valence-corrected chi connectivity index (χ3v) is 4.00. The summed E-state index contributed by atoms with van der Waals surface area (Å²) >= 11 is 0. The van der Waals surface area contributed by atoms with Gasteiger partial charge in [0.1, 0.15) is 6.61 Å². The molecule has 22 heavy (non-hydrogen) atoms. The molecule has 1 heterocycles. The zero-order valence-corrected chi connectivity index (χ0v) is 12.2. The van der Waals surface area contributed by atoms with Crippen LogP contribution in [0.15, 0.2) is 36.4 Å². The quantitative estimate of drug-likeness (QED) is 0.475. The third-order valence-electron chi connectivity index (χ3n) is 4.00. The monoisotopic (exact) mass is 299 g/mol. The van der Waals surface area contributed by atoms with Crippen molar-refractivity contribution < 1.29 is 19.1 Å². The molecular formula is C17H17NO4. The molecule has 5 heteroatoms. The van der Waals surface area contributed by atoms with Crippen molar-refractivity contribution in [3.8, 4) is 0 Å². The van der Waals surface area contributed by atoms with Crippen LogP contribution in [0.2, 0.25) is 0 Å². The molecule has 1 aliphatic heterocycles. The fraction of sp³-hybridized carbons (Fsp3) is 0.353. The van der Waals surface area contributed by atoms with Gasteiger partial charge in [0.25, 0.3) is 11.8 Å². The van der Waals surface area contributed by atoms with E-state index in [2.05, 4.69) is 6.08 Å². The number of amides is 2. The van der Waals surface area contributed by atoms with Crippen molar-refractivity contribution in [3.05, 3.63) is 47.5 Å². The van der Waals surface area contributed by atoms with E-state index in [4.69, 9.17) is 4.74 Å². The van der Waals surface area contributed by atoms with E-state index < -0.39 is 0 Å². The Balaban J connectivity index is 1.50. The largest absolute Gasteiger partial charge is 0.464 e. The molecule has 3 rings (SSSR count). The average molecular weight is 299 g/mol. The Morgan fingerprint density at radius 3 is 2.45 bits per heavy atom. The molecule has 0 bridgehead atoms. The van der Waals surface area contributed by atoms with Crippen LogP contribution in [0.3, 0.4) is 0 Å². The maximum atomic E-state index is 12.1. The van der Waals surface area contributed by atoms with Gasteiger partial charge < -0.3 is 4.74 Å². The first-order valence-corrected chi connectivity index (χ1v) is 7.44. The molecule has 0 spiro atoms. The minimum absolute atomic E-state index is 0.0424. The van der Waals surface area contributed by atoms with Crippen LogP contribution in [0.25, 0.3) is 0 Å². The minimum atomic E-state index is -0.324. The number of benzene rings is 1. The summed E-state index contributed by atoms with van der Waals surface area (Å²) < 4.78 is 5.14. The van der Waals surface area contributed by atoms with Crippen molar-refractivity contribution in [1.29, 1.82) is 0 Å². The number of nitrogens with zero attached hydrogens (tertiary/aromatic N) is 1. The number of hydrogen-bond donors (Lipinski definition) is 0. The molecule has 2 aliphatic rings. The van der Waals surface area contributed by atoms with Crippen molar-refractivity contribution in [2.75, 3.05) is 13.2 Å². The Morgan fingerprint density at radius 1 is 1.18 bits per heavy atom. The first kappa shape index (κ1) is 14.5. The van der Waals surface area contributed by atoms with Crippen LogP contribution in [0, 0.1) is 5.92 Å². The lowest BCUT2D eigenvalue weighted by molar-refractivity contribution is -0.144. The predicted octanol–water partition coefficient (Wildman–Crippen LogP) is 2.18. The van der Waals surface area contributed by atoms with Gasteiger partial charge in [-0.05, 0) is 30.9 Å². The molecule has 0 fully saturated rings. The topological polar surface area (TPSA) is 63.7 Å². The molecule has 0 unspecified atom stereocenters. The summed E-state index contributed by atoms with van der Waals surface area (Å²) in [5, 5.41) is 0. The highest BCUT2D eigenvalue weighted by molar-refractivity contribution is 6.21. The number of carbonyl (C=O) groups excluding carboxylic acids is 3. The molecule has 1 atom stereocenters. The van der Waals surface area contributed by atoms with Crippen molar-refractivity contribution in [2.24, 2.45) is 5.92 Å². The molecule has 0 saturated heterocycles. The number of hydrogen-bond acceptors (Lipinski definition) is 4. The third kappa shape index (κ3) is 2.79. The molecule has 0 N–H and O–H groups in total. The van der Waals surface area contributed by atoms with Crippen molar-refractivity contribution >= 4 is 17.8 Å². The fourth-order valence-corrected chi connectivity index (χ4v) is 2.83. The molecule has 114 valence electrons. The van der Waals surface area contributed by atoms with Crippen molar-refractivity contribution in [1.82, 2.24) is 4.90 Å². The standard InChI is InChI=1S/C17H17NO4/c19-15(11-12-5-1-2-6-12)22-10-9-18-16(20)13-7-3-4-8-14(13)17(18)21/h1,3-5,7-8,12H,2,6,9-11H2/t12-/m0/s1. The summed E-state index contributed by atoms with van der Waals surface area (Å²) in [7, 11) is 0. The second-order valence-corrected chi connectivity index (χ2v) is 5.50. The highest BCUT2D eigenvalue weighted by atomic mass is 16.5. The molecule has 5 nitrogen and oxygen atoms in total. The van der Waals surface area contributed by atoms with E-state index in [1.54, 1.807) is 24.3 Å². The van der Waals surface area contributed by atoms with Gasteiger partial charge in [0.15, 0.2) is 0 Å². The Hall–Kier alpha value is -2.43. The maximum absolute atomic E-state index is 12.1. The summed E-state index contributed by atoms with van der Waals surface area (Å²) in [5.41, 5.74) is 0.824. The summed E-state index contributed by atoms with van der Waals surface area (Å²) in [6, 6.07) is 6.72. The normalized spacial score (nSPS) is 19.6. The second kappa shape index (κ2) is 6.13. The van der Waals surface area contributed by atoms with Gasteiger partial charge in [0.05, 0.1) is 24.1 Å². The number of esters is 1. The van der Waals surface area contributed by atoms with E-state index in [0.29, 0.717) is 17.5 Å². The van der Waals surface area contributed by atoms with E-state index in [1.165, 1.54) is 0 Å². The van der Waals surface area contributed by atoms with E-state index in [-0.39, 0.29) is 36.9 Å². The number of rotatable bonds is 5. The lowest BCUT2D eigenvalue weighted by Gasteiger charge is -2.14. The highest BCUT2D eigenvalue weighted by Gasteiger charge is 2.34. The Morgan fingerprint density at radius 2 is 1.86 bits per heavy atom. The van der Waals surface area contributed by atoms with Gasteiger partial charge in [-0.2, -0.15) is 0 Å². The summed E-state index contributed by atoms with van der Waals surface area (Å²) in [4.78, 5) is 37.1. The van der Waals surface area contributed by atoms with Crippen LogP contribution in [0.5, 0.6) is 0 Å². The van der Waals surface area contributed by atoms with Crippen molar-refractivity contribution in [2.45, 2.75) is 19.3 Å². The molecule has 0 saturated carbocycles. The van der Waals surface area contributed by atoms with Gasteiger partial charge in [-0.25, -0.2) is 0 Å². The Kier molecular flexibility index (Phi) is 4.04. The minimum Gasteiger partial charge on any atom is -0.464 e. The lowest BCUT2D eigenvalue weighted by atomic mass is 10.1. The first-order valence-electron chi connectivity index (χ1n) is 7.44. The van der Waals surface area contributed by atoms with Crippen LogP contribution in [-0.2, 0) is 9.53 Å². The zero-order chi connectivity index (χ0) is 15.5. The number of carbonyl (C=O) groups is 3. The SMILES string of the molecule is O=C(C[C@H]1C=CCC1)OCCN1C(=O)c2ccccc2C1=O. The van der Waals surface area contributed by atoms with Crippen LogP contribution < -0.4 is 0 Å². The van der Waals surface area contributed by atoms with E-state index in [9.17, 15) is 14.4 Å². The summed E-state index contributed by atoms with van der Waals surface area (Å²) in [5.74, 6) is -0.675. The average Bonchev–Trinajstić information content (AvgIpc) is 3.10. The van der Waals surface area contributed by atoms with Crippen LogP contribution in [-0.4, -0.2) is 35.8 Å². The number of fused-ring (bicyclic) bond motifs is 1. The molecular weight excluding hydrogens is 282 g/mol. The number of allylic oxidation sites excluding steroid dienone is 2. The van der Waals surface area contributed by atoms with E-state index >= 15 is 0 Å². The predicted molar refractivity (Wildman–Crippen MR) is 79.2 cm³/mol. The Bertz CT molecular complexity index is 615. The van der Waals surface area contributed by atoms with Gasteiger partial charge in [0, 0.05) is 0 Å². The number of imide groups is 1. The lowest BCUT2D eigenvalue weighted by Crippen LogP contribution is -2.33. The number of ether oxygens (including phenoxy) is 1. The summed E-state index contributed by atoms with van der Waals surface area (Å²) in [6.07, 6.45) is 6.45. The van der Waals surface area contributed by atoms with E-state index in [1.807, 2.05) is 6.08 Å². The van der Waals surface area contributed by atoms with Gasteiger partial charge >= 0.3 is 5.97 Å². The molecule has 1 aromatic rings. The Labute approximate surface area is 128 Å². The highest BCUT2D eigenvalue weighted by Crippen LogP contribution is 2.22. The molecule has 0 aromatic heterocycles. The molecule has 1 aliphatic carbocycles. The van der Waals surface area contributed by atoms with Crippen LogP contribution in [0.4, 0.5) is 0 Å². The molecule has 0 radical (unpaired) electrons. The van der Waals surface area contributed by atoms with Gasteiger partial charge in [-0.15, -0.1) is 0 Å². The van der Waals surface area contributed by atoms with Crippen LogP contribution in [0.1, 0.15) is 40.0 Å². The summed E-state index contributed by atoms with van der Waals surface area (Å²) in [6.45, 7) is 0.138. The van der Waals surface area contributed by atoms with Crippen LogP contribution >= 0.6 is 0 Å². The maximum Gasteiger partial charge on any atom is 0.306 e. The fourth-order valence-electron chi connectivity index (χ4n) is 2.83. The molecule has 1 aromatic carbocycles. The van der Waals surface area contributed by atoms with Gasteiger partial charge in [0.2, 0.25) is 0 Å². The van der Waals surface area contributed by atoms with Crippen molar-refractivity contribution in [3.63, 3.8) is 0 Å². The zero-order valence-electron chi connectivity index (χ0n) is 12.2. The van der Waals surface area contributed by atoms with E-state index in [0.717, 1.165) is 17.7 Å². The first-order chi connectivity index (χ1) is 10.7. The molecule has 2 amide bonds. The van der Waals surface area contributed by atoms with Gasteiger partial charge in [-0.1, -0.05) is 24.3 Å². The second-order valence-electron chi connectivity index (χ2n) is 5.50. The van der Waals surface area contributed by atoms with Gasteiger partial charge in [-0.3, -0.25) is 19.3 Å². The smallest absolute Gasteiger partial charge is 0.306 e.